The Balaban J connectivity index is 2.18. The number of nitrogens with zero attached hydrogens (tertiary/aromatic N) is 1. The smallest absolute Gasteiger partial charge is 0.255 e. The summed E-state index contributed by atoms with van der Waals surface area (Å²) in [6.45, 7) is 4.06. The van der Waals surface area contributed by atoms with Gasteiger partial charge >= 0.3 is 0 Å². The first kappa shape index (κ1) is 12.8. The Morgan fingerprint density at radius 2 is 1.94 bits per heavy atom. The number of aryl methyl sites for hydroxylation is 2. The maximum atomic E-state index is 12.0. The van der Waals surface area contributed by atoms with Crippen molar-refractivity contribution in [3.63, 3.8) is 0 Å². The molecule has 1 aromatic heterocycles. The van der Waals surface area contributed by atoms with Crippen LogP contribution in [-0.2, 0) is 0 Å². The molecular weight excluding hydrogens is 292 g/mol. The number of aromatic nitrogens is 1. The van der Waals surface area contributed by atoms with Crippen molar-refractivity contribution in [3.8, 4) is 0 Å². The highest BCUT2D eigenvalue weighted by Crippen LogP contribution is 2.16. The van der Waals surface area contributed by atoms with E-state index < -0.39 is 0 Å². The second kappa shape index (κ2) is 5.31. The Morgan fingerprint density at radius 1 is 1.17 bits per heavy atom. The standard InChI is InChI=1S/C14H13BrN2O/c1-9-3-4-12(7-10(9)2)17-14(18)11-5-6-16-13(15)8-11/h3-8H,1-2H3,(H,17,18). The third-order valence-corrected chi connectivity index (χ3v) is 3.19. The largest absolute Gasteiger partial charge is 0.322 e. The van der Waals surface area contributed by atoms with E-state index in [4.69, 9.17) is 0 Å². The first-order valence-corrected chi connectivity index (χ1v) is 6.36. The molecule has 0 bridgehead atoms. The third kappa shape index (κ3) is 2.96. The lowest BCUT2D eigenvalue weighted by Gasteiger charge is -2.07. The van der Waals surface area contributed by atoms with E-state index in [9.17, 15) is 4.79 Å². The topological polar surface area (TPSA) is 42.0 Å². The van der Waals surface area contributed by atoms with Crippen LogP contribution >= 0.6 is 15.9 Å². The van der Waals surface area contributed by atoms with Crippen molar-refractivity contribution in [2.24, 2.45) is 0 Å². The molecule has 0 saturated carbocycles. The first-order valence-electron chi connectivity index (χ1n) is 5.56. The molecular formula is C14H13BrN2O. The van der Waals surface area contributed by atoms with E-state index in [1.54, 1.807) is 18.3 Å². The van der Waals surface area contributed by atoms with Crippen molar-refractivity contribution in [1.29, 1.82) is 0 Å². The number of carbonyl (C=O) groups excluding carboxylic acids is 1. The van der Waals surface area contributed by atoms with Crippen LogP contribution in [0.4, 0.5) is 5.69 Å². The second-order valence-corrected chi connectivity index (χ2v) is 4.93. The van der Waals surface area contributed by atoms with Crippen LogP contribution < -0.4 is 5.32 Å². The van der Waals surface area contributed by atoms with Gasteiger partial charge in [-0.3, -0.25) is 4.79 Å². The second-order valence-electron chi connectivity index (χ2n) is 4.12. The zero-order chi connectivity index (χ0) is 13.1. The fraction of sp³-hybridized carbons (Fsp3) is 0.143. The van der Waals surface area contributed by atoms with E-state index in [1.165, 1.54) is 5.56 Å². The molecule has 2 rings (SSSR count). The number of carbonyl (C=O) groups is 1. The van der Waals surface area contributed by atoms with Crippen LogP contribution in [0.15, 0.2) is 41.1 Å². The summed E-state index contributed by atoms with van der Waals surface area (Å²) in [6, 6.07) is 9.23. The predicted molar refractivity (Wildman–Crippen MR) is 75.8 cm³/mol. The normalized spacial score (nSPS) is 10.2. The van der Waals surface area contributed by atoms with Crippen LogP contribution in [-0.4, -0.2) is 10.9 Å². The number of hydrogen-bond acceptors (Lipinski definition) is 2. The lowest BCUT2D eigenvalue weighted by atomic mass is 10.1. The number of rotatable bonds is 2. The Bertz CT molecular complexity index is 596. The summed E-state index contributed by atoms with van der Waals surface area (Å²) in [5.41, 5.74) is 3.74. The zero-order valence-electron chi connectivity index (χ0n) is 10.2. The molecule has 0 unspecified atom stereocenters. The van der Waals surface area contributed by atoms with Crippen LogP contribution in [0.3, 0.4) is 0 Å². The summed E-state index contributed by atoms with van der Waals surface area (Å²) in [6.07, 6.45) is 1.60. The average Bonchev–Trinajstić information content (AvgIpc) is 2.34. The molecule has 0 radical (unpaired) electrons. The molecule has 0 spiro atoms. The Hall–Kier alpha value is -1.68. The van der Waals surface area contributed by atoms with E-state index in [-0.39, 0.29) is 5.91 Å². The number of halogens is 1. The van der Waals surface area contributed by atoms with Gasteiger partial charge in [0.05, 0.1) is 0 Å². The maximum Gasteiger partial charge on any atom is 0.255 e. The van der Waals surface area contributed by atoms with Crippen molar-refractivity contribution < 1.29 is 4.79 Å². The lowest BCUT2D eigenvalue weighted by molar-refractivity contribution is 0.102. The van der Waals surface area contributed by atoms with E-state index in [0.717, 1.165) is 11.3 Å². The molecule has 1 aromatic carbocycles. The van der Waals surface area contributed by atoms with Crippen LogP contribution in [0.25, 0.3) is 0 Å². The minimum absolute atomic E-state index is 0.138. The van der Waals surface area contributed by atoms with Crippen molar-refractivity contribution in [1.82, 2.24) is 4.98 Å². The summed E-state index contributed by atoms with van der Waals surface area (Å²) < 4.78 is 0.648. The lowest BCUT2D eigenvalue weighted by Crippen LogP contribution is -2.12. The van der Waals surface area contributed by atoms with Crippen LogP contribution in [0.5, 0.6) is 0 Å². The monoisotopic (exact) mass is 304 g/mol. The maximum absolute atomic E-state index is 12.0. The van der Waals surface area contributed by atoms with Crippen molar-refractivity contribution in [2.45, 2.75) is 13.8 Å². The SMILES string of the molecule is Cc1ccc(NC(=O)c2ccnc(Br)c2)cc1C. The predicted octanol–water partition coefficient (Wildman–Crippen LogP) is 3.71. The van der Waals surface area contributed by atoms with E-state index >= 15 is 0 Å². The minimum atomic E-state index is -0.138. The fourth-order valence-electron chi connectivity index (χ4n) is 1.57. The summed E-state index contributed by atoms with van der Waals surface area (Å²) in [4.78, 5) is 16.0. The average molecular weight is 305 g/mol. The number of amides is 1. The molecule has 2 aromatic rings. The molecule has 1 N–H and O–H groups in total. The van der Waals surface area contributed by atoms with Gasteiger partial charge in [-0.1, -0.05) is 6.07 Å². The van der Waals surface area contributed by atoms with Gasteiger partial charge in [-0.15, -0.1) is 0 Å². The van der Waals surface area contributed by atoms with Crippen LogP contribution in [0.1, 0.15) is 21.5 Å². The van der Waals surface area contributed by atoms with Gasteiger partial charge in [0.15, 0.2) is 0 Å². The van der Waals surface area contributed by atoms with Gasteiger partial charge in [-0.25, -0.2) is 4.98 Å². The van der Waals surface area contributed by atoms with Crippen molar-refractivity contribution >= 4 is 27.5 Å². The fourth-order valence-corrected chi connectivity index (χ4v) is 1.93. The van der Waals surface area contributed by atoms with Gasteiger partial charge in [-0.05, 0) is 65.2 Å². The Labute approximate surface area is 114 Å². The highest BCUT2D eigenvalue weighted by Gasteiger charge is 2.07. The van der Waals surface area contributed by atoms with Crippen molar-refractivity contribution in [2.75, 3.05) is 5.32 Å². The molecule has 0 aliphatic carbocycles. The highest BCUT2D eigenvalue weighted by atomic mass is 79.9. The van der Waals surface area contributed by atoms with Gasteiger partial charge in [0.25, 0.3) is 5.91 Å². The van der Waals surface area contributed by atoms with E-state index in [1.807, 2.05) is 32.0 Å². The number of benzene rings is 1. The van der Waals surface area contributed by atoms with Gasteiger partial charge in [0, 0.05) is 17.4 Å². The summed E-state index contributed by atoms with van der Waals surface area (Å²) in [5, 5.41) is 2.87. The zero-order valence-corrected chi connectivity index (χ0v) is 11.8. The molecule has 92 valence electrons. The Morgan fingerprint density at radius 3 is 2.61 bits per heavy atom. The molecule has 0 atom stereocenters. The van der Waals surface area contributed by atoms with Crippen LogP contribution in [0.2, 0.25) is 0 Å². The van der Waals surface area contributed by atoms with Gasteiger partial charge in [-0.2, -0.15) is 0 Å². The molecule has 1 heterocycles. The molecule has 0 saturated heterocycles. The third-order valence-electron chi connectivity index (χ3n) is 2.75. The molecule has 0 aliphatic rings. The number of pyridine rings is 1. The number of hydrogen-bond donors (Lipinski definition) is 1. The summed E-state index contributed by atoms with van der Waals surface area (Å²) >= 11 is 3.25. The van der Waals surface area contributed by atoms with Gasteiger partial charge in [0.2, 0.25) is 0 Å². The highest BCUT2D eigenvalue weighted by molar-refractivity contribution is 9.10. The van der Waals surface area contributed by atoms with E-state index in [2.05, 4.69) is 26.2 Å². The van der Waals surface area contributed by atoms with Crippen LogP contribution in [0, 0.1) is 13.8 Å². The van der Waals surface area contributed by atoms with Crippen molar-refractivity contribution in [3.05, 3.63) is 57.8 Å². The first-order chi connectivity index (χ1) is 8.56. The number of anilines is 1. The Kier molecular flexibility index (Phi) is 3.77. The van der Waals surface area contributed by atoms with Gasteiger partial charge < -0.3 is 5.32 Å². The quantitative estimate of drug-likeness (QED) is 0.859. The molecule has 18 heavy (non-hydrogen) atoms. The molecule has 3 nitrogen and oxygen atoms in total. The molecule has 0 aliphatic heterocycles. The summed E-state index contributed by atoms with van der Waals surface area (Å²) in [5.74, 6) is -0.138. The van der Waals surface area contributed by atoms with E-state index in [0.29, 0.717) is 10.2 Å². The minimum Gasteiger partial charge on any atom is -0.322 e. The molecule has 0 fully saturated rings. The molecule has 4 heteroatoms. The molecule has 1 amide bonds. The summed E-state index contributed by atoms with van der Waals surface area (Å²) in [7, 11) is 0. The van der Waals surface area contributed by atoms with Gasteiger partial charge in [0.1, 0.15) is 4.60 Å². The number of nitrogens with one attached hydrogen (secondary N) is 1.